The second-order valence-electron chi connectivity index (χ2n) is 4.96. The summed E-state index contributed by atoms with van der Waals surface area (Å²) in [7, 11) is 0. The molecule has 0 radical (unpaired) electrons. The van der Waals surface area contributed by atoms with Gasteiger partial charge in [-0.2, -0.15) is 0 Å². The average Bonchev–Trinajstić information content (AvgIpc) is 2.42. The molecule has 1 aliphatic heterocycles. The molecular formula is C15H23ClN2. The predicted octanol–water partition coefficient (Wildman–Crippen LogP) is 3.83. The Bertz CT molecular complexity index is 373. The van der Waals surface area contributed by atoms with Crippen molar-refractivity contribution in [1.82, 2.24) is 5.32 Å². The highest BCUT2D eigenvalue weighted by molar-refractivity contribution is 6.31. The van der Waals surface area contributed by atoms with Crippen LogP contribution >= 0.6 is 11.6 Å². The lowest BCUT2D eigenvalue weighted by Crippen LogP contribution is -2.31. The zero-order chi connectivity index (χ0) is 12.8. The van der Waals surface area contributed by atoms with Crippen molar-refractivity contribution in [3.05, 3.63) is 28.8 Å². The second-order valence-corrected chi connectivity index (χ2v) is 5.37. The molecule has 3 heteroatoms. The molecule has 1 fully saturated rings. The molecule has 0 unspecified atom stereocenters. The highest BCUT2D eigenvalue weighted by Gasteiger charge is 2.15. The van der Waals surface area contributed by atoms with Crippen LogP contribution < -0.4 is 10.2 Å². The molecule has 0 saturated carbocycles. The van der Waals surface area contributed by atoms with E-state index in [1.807, 2.05) is 6.07 Å². The molecular weight excluding hydrogens is 244 g/mol. The monoisotopic (exact) mass is 266 g/mol. The molecule has 1 saturated heterocycles. The number of piperidine rings is 1. The Morgan fingerprint density at radius 1 is 1.22 bits per heavy atom. The van der Waals surface area contributed by atoms with Crippen LogP contribution in [-0.2, 0) is 6.54 Å². The van der Waals surface area contributed by atoms with Gasteiger partial charge in [-0.15, -0.1) is 0 Å². The van der Waals surface area contributed by atoms with E-state index in [1.54, 1.807) is 0 Å². The van der Waals surface area contributed by atoms with Crippen molar-refractivity contribution in [2.24, 2.45) is 0 Å². The van der Waals surface area contributed by atoms with Crippen LogP contribution in [0.3, 0.4) is 0 Å². The molecule has 0 aliphatic carbocycles. The van der Waals surface area contributed by atoms with Crippen molar-refractivity contribution in [1.29, 1.82) is 0 Å². The number of nitrogens with one attached hydrogen (secondary N) is 1. The molecule has 18 heavy (non-hydrogen) atoms. The van der Waals surface area contributed by atoms with Gasteiger partial charge in [-0.1, -0.05) is 24.6 Å². The van der Waals surface area contributed by atoms with Crippen molar-refractivity contribution >= 4 is 17.3 Å². The minimum Gasteiger partial charge on any atom is -0.371 e. The van der Waals surface area contributed by atoms with Gasteiger partial charge in [0.05, 0.1) is 0 Å². The Hall–Kier alpha value is -0.730. The molecule has 0 amide bonds. The van der Waals surface area contributed by atoms with E-state index in [2.05, 4.69) is 29.3 Å². The summed E-state index contributed by atoms with van der Waals surface area (Å²) in [5.74, 6) is 0. The molecule has 1 N–H and O–H groups in total. The predicted molar refractivity (Wildman–Crippen MR) is 79.5 cm³/mol. The molecule has 1 aromatic carbocycles. The summed E-state index contributed by atoms with van der Waals surface area (Å²) < 4.78 is 0. The first-order valence-electron chi connectivity index (χ1n) is 7.06. The number of hydrogen-bond acceptors (Lipinski definition) is 2. The molecule has 2 nitrogen and oxygen atoms in total. The van der Waals surface area contributed by atoms with Crippen molar-refractivity contribution in [2.45, 2.75) is 39.2 Å². The van der Waals surface area contributed by atoms with Gasteiger partial charge in [0.25, 0.3) is 0 Å². The molecule has 1 aliphatic rings. The fraction of sp³-hybridized carbons (Fsp3) is 0.600. The number of halogens is 1. The molecule has 100 valence electrons. The summed E-state index contributed by atoms with van der Waals surface area (Å²) in [6, 6.07) is 6.27. The average molecular weight is 267 g/mol. The standard InChI is InChI=1S/C15H23ClN2/c1-2-9-17-12-13-14(16)7-6-8-15(13)18-10-4-3-5-11-18/h6-8,17H,2-5,9-12H2,1H3. The smallest absolute Gasteiger partial charge is 0.0471 e. The Morgan fingerprint density at radius 3 is 2.72 bits per heavy atom. The molecule has 0 atom stereocenters. The number of nitrogens with zero attached hydrogens (tertiary/aromatic N) is 1. The zero-order valence-electron chi connectivity index (χ0n) is 11.2. The van der Waals surface area contributed by atoms with Crippen molar-refractivity contribution in [3.63, 3.8) is 0 Å². The van der Waals surface area contributed by atoms with Gasteiger partial charge >= 0.3 is 0 Å². The Kier molecular flexibility index (Phi) is 5.33. The van der Waals surface area contributed by atoms with Gasteiger partial charge in [0.1, 0.15) is 0 Å². The van der Waals surface area contributed by atoms with E-state index in [1.165, 1.54) is 43.6 Å². The molecule has 2 rings (SSSR count). The zero-order valence-corrected chi connectivity index (χ0v) is 12.0. The third-order valence-electron chi connectivity index (χ3n) is 3.52. The van der Waals surface area contributed by atoms with Crippen molar-refractivity contribution in [2.75, 3.05) is 24.5 Å². The van der Waals surface area contributed by atoms with Gasteiger partial charge in [-0.3, -0.25) is 0 Å². The van der Waals surface area contributed by atoms with Crippen LogP contribution in [-0.4, -0.2) is 19.6 Å². The van der Waals surface area contributed by atoms with Crippen LogP contribution in [0.25, 0.3) is 0 Å². The fourth-order valence-corrected chi connectivity index (χ4v) is 2.78. The van der Waals surface area contributed by atoms with Crippen LogP contribution in [0, 0.1) is 0 Å². The van der Waals surface area contributed by atoms with E-state index in [0.717, 1.165) is 24.5 Å². The normalized spacial score (nSPS) is 16.0. The fourth-order valence-electron chi connectivity index (χ4n) is 2.54. The number of rotatable bonds is 5. The topological polar surface area (TPSA) is 15.3 Å². The van der Waals surface area contributed by atoms with Crippen LogP contribution in [0.4, 0.5) is 5.69 Å². The van der Waals surface area contributed by atoms with Crippen LogP contribution in [0.15, 0.2) is 18.2 Å². The van der Waals surface area contributed by atoms with Crippen LogP contribution in [0.1, 0.15) is 38.2 Å². The highest BCUT2D eigenvalue weighted by Crippen LogP contribution is 2.29. The maximum absolute atomic E-state index is 6.36. The van der Waals surface area contributed by atoms with E-state index >= 15 is 0 Å². The molecule has 0 aromatic heterocycles. The van der Waals surface area contributed by atoms with Crippen molar-refractivity contribution in [3.8, 4) is 0 Å². The highest BCUT2D eigenvalue weighted by atomic mass is 35.5. The van der Waals surface area contributed by atoms with E-state index in [4.69, 9.17) is 11.6 Å². The quantitative estimate of drug-likeness (QED) is 0.815. The Labute approximate surface area is 115 Å². The van der Waals surface area contributed by atoms with Gasteiger partial charge in [-0.25, -0.2) is 0 Å². The summed E-state index contributed by atoms with van der Waals surface area (Å²) in [4.78, 5) is 2.48. The van der Waals surface area contributed by atoms with E-state index in [9.17, 15) is 0 Å². The lowest BCUT2D eigenvalue weighted by atomic mass is 10.1. The third-order valence-corrected chi connectivity index (χ3v) is 3.87. The van der Waals surface area contributed by atoms with E-state index < -0.39 is 0 Å². The maximum atomic E-state index is 6.36. The van der Waals surface area contributed by atoms with Gasteiger partial charge in [-0.05, 0) is 44.4 Å². The summed E-state index contributed by atoms with van der Waals surface area (Å²) in [6.07, 6.45) is 5.12. The van der Waals surface area contributed by atoms with Gasteiger partial charge in [0.15, 0.2) is 0 Å². The summed E-state index contributed by atoms with van der Waals surface area (Å²) in [5.41, 5.74) is 2.58. The molecule has 0 spiro atoms. The second kappa shape index (κ2) is 7.01. The van der Waals surface area contributed by atoms with Crippen LogP contribution in [0.2, 0.25) is 5.02 Å². The van der Waals surface area contributed by atoms with E-state index in [0.29, 0.717) is 0 Å². The molecule has 0 bridgehead atoms. The summed E-state index contributed by atoms with van der Waals surface area (Å²) in [6.45, 7) is 6.44. The number of anilines is 1. The molecule has 1 heterocycles. The molecule has 1 aromatic rings. The maximum Gasteiger partial charge on any atom is 0.0471 e. The van der Waals surface area contributed by atoms with E-state index in [-0.39, 0.29) is 0 Å². The number of benzene rings is 1. The lowest BCUT2D eigenvalue weighted by molar-refractivity contribution is 0.574. The summed E-state index contributed by atoms with van der Waals surface area (Å²) >= 11 is 6.36. The SMILES string of the molecule is CCCNCc1c(Cl)cccc1N1CCCCC1. The van der Waals surface area contributed by atoms with Gasteiger partial charge < -0.3 is 10.2 Å². The van der Waals surface area contributed by atoms with Crippen molar-refractivity contribution < 1.29 is 0 Å². The third kappa shape index (κ3) is 3.39. The Balaban J connectivity index is 2.14. The Morgan fingerprint density at radius 2 is 2.00 bits per heavy atom. The first-order valence-corrected chi connectivity index (χ1v) is 7.43. The van der Waals surface area contributed by atoms with Gasteiger partial charge in [0, 0.05) is 35.9 Å². The first-order chi connectivity index (χ1) is 8.83. The largest absolute Gasteiger partial charge is 0.371 e. The lowest BCUT2D eigenvalue weighted by Gasteiger charge is -2.31. The minimum absolute atomic E-state index is 0.874. The summed E-state index contributed by atoms with van der Waals surface area (Å²) in [5, 5.41) is 4.35. The number of hydrogen-bond donors (Lipinski definition) is 1. The van der Waals surface area contributed by atoms with Gasteiger partial charge in [0.2, 0.25) is 0 Å². The van der Waals surface area contributed by atoms with Crippen LogP contribution in [0.5, 0.6) is 0 Å². The first kappa shape index (κ1) is 13.7. The minimum atomic E-state index is 0.874.